The van der Waals surface area contributed by atoms with Gasteiger partial charge in [-0.05, 0) is 29.6 Å². The molecule has 0 heterocycles. The minimum Gasteiger partial charge on any atom is -0.465 e. The Morgan fingerprint density at radius 3 is 1.89 bits per heavy atom. The molecule has 2 nitrogen and oxygen atoms in total. The minimum absolute atomic E-state index is 0.0235. The average Bonchev–Trinajstić information content (AvgIpc) is 2.10. The van der Waals surface area contributed by atoms with Crippen LogP contribution in [0.25, 0.3) is 0 Å². The third-order valence-corrected chi connectivity index (χ3v) is 3.09. The molecule has 0 aromatic carbocycles. The molecule has 0 aliphatic carbocycles. The summed E-state index contributed by atoms with van der Waals surface area (Å²) in [7, 11) is 0. The van der Waals surface area contributed by atoms with Crippen LogP contribution in [0.2, 0.25) is 0 Å². The summed E-state index contributed by atoms with van der Waals surface area (Å²) < 4.78 is 5.45. The maximum absolute atomic E-state index is 12.2. The third kappa shape index (κ3) is 7.73. The van der Waals surface area contributed by atoms with Crippen LogP contribution in [0, 0.1) is 22.7 Å². The van der Waals surface area contributed by atoms with Crippen molar-refractivity contribution >= 4 is 5.97 Å². The van der Waals surface area contributed by atoms with Gasteiger partial charge in [0.15, 0.2) is 0 Å². The highest BCUT2D eigenvalue weighted by molar-refractivity contribution is 5.73. The van der Waals surface area contributed by atoms with E-state index in [1.165, 1.54) is 0 Å². The van der Waals surface area contributed by atoms with Crippen molar-refractivity contribution in [1.29, 1.82) is 0 Å². The van der Waals surface area contributed by atoms with E-state index in [-0.39, 0.29) is 22.7 Å². The maximum atomic E-state index is 12.2. The van der Waals surface area contributed by atoms with Gasteiger partial charge in [0.2, 0.25) is 0 Å². The molecule has 0 aliphatic heterocycles. The van der Waals surface area contributed by atoms with E-state index < -0.39 is 0 Å². The second kappa shape index (κ2) is 6.58. The van der Waals surface area contributed by atoms with Crippen LogP contribution >= 0.6 is 0 Å². The van der Waals surface area contributed by atoms with Crippen LogP contribution in [0.4, 0.5) is 0 Å². The van der Waals surface area contributed by atoms with Gasteiger partial charge in [-0.15, -0.1) is 0 Å². The van der Waals surface area contributed by atoms with Gasteiger partial charge in [-0.1, -0.05) is 55.4 Å². The van der Waals surface area contributed by atoms with Crippen LogP contribution in [0.15, 0.2) is 0 Å². The fourth-order valence-electron chi connectivity index (χ4n) is 1.85. The van der Waals surface area contributed by atoms with E-state index in [4.69, 9.17) is 4.74 Å². The van der Waals surface area contributed by atoms with Crippen molar-refractivity contribution in [3.05, 3.63) is 0 Å². The molecule has 0 N–H and O–H groups in total. The Kier molecular flexibility index (Phi) is 6.39. The predicted molar refractivity (Wildman–Crippen MR) is 77.4 cm³/mol. The lowest BCUT2D eigenvalue weighted by molar-refractivity contribution is -0.154. The van der Waals surface area contributed by atoms with Crippen LogP contribution in [-0.4, -0.2) is 12.6 Å². The fourth-order valence-corrected chi connectivity index (χ4v) is 1.85. The number of carbonyl (C=O) groups excluding carboxylic acids is 1. The van der Waals surface area contributed by atoms with Gasteiger partial charge in [-0.2, -0.15) is 0 Å². The van der Waals surface area contributed by atoms with Crippen molar-refractivity contribution in [1.82, 2.24) is 0 Å². The Balaban J connectivity index is 4.53. The largest absolute Gasteiger partial charge is 0.465 e. The normalized spacial score (nSPS) is 14.7. The summed E-state index contributed by atoms with van der Waals surface area (Å²) in [6, 6.07) is 0. The van der Waals surface area contributed by atoms with Gasteiger partial charge in [-0.3, -0.25) is 4.79 Å². The molecule has 0 radical (unpaired) electrons. The topological polar surface area (TPSA) is 26.3 Å². The lowest BCUT2D eigenvalue weighted by atomic mass is 9.72. The van der Waals surface area contributed by atoms with Crippen LogP contribution < -0.4 is 0 Å². The van der Waals surface area contributed by atoms with Crippen LogP contribution in [-0.2, 0) is 9.53 Å². The van der Waals surface area contributed by atoms with Crippen molar-refractivity contribution in [3.63, 3.8) is 0 Å². The van der Waals surface area contributed by atoms with Gasteiger partial charge in [0.1, 0.15) is 0 Å². The quantitative estimate of drug-likeness (QED) is 0.668. The first-order chi connectivity index (χ1) is 7.93. The van der Waals surface area contributed by atoms with Gasteiger partial charge in [0, 0.05) is 0 Å². The molecule has 108 valence electrons. The van der Waals surface area contributed by atoms with E-state index in [1.54, 1.807) is 0 Å². The molecule has 0 amide bonds. The zero-order valence-corrected chi connectivity index (χ0v) is 13.6. The van der Waals surface area contributed by atoms with Gasteiger partial charge < -0.3 is 4.74 Å². The zero-order valence-electron chi connectivity index (χ0n) is 13.6. The number of carbonyl (C=O) groups is 1. The molecule has 0 aliphatic rings. The summed E-state index contributed by atoms with van der Waals surface area (Å²) in [5.74, 6) is 0.524. The Hall–Kier alpha value is -0.530. The first kappa shape index (κ1) is 17.5. The number of hydrogen-bond donors (Lipinski definition) is 0. The molecule has 1 atom stereocenters. The fraction of sp³-hybridized carbons (Fsp3) is 0.938. The van der Waals surface area contributed by atoms with E-state index in [0.29, 0.717) is 12.5 Å². The maximum Gasteiger partial charge on any atom is 0.309 e. The summed E-state index contributed by atoms with van der Waals surface area (Å²) in [5, 5.41) is 0. The van der Waals surface area contributed by atoms with Crippen LogP contribution in [0.1, 0.15) is 68.2 Å². The molecule has 0 saturated carbocycles. The van der Waals surface area contributed by atoms with Gasteiger partial charge >= 0.3 is 5.97 Å². The first-order valence-electron chi connectivity index (χ1n) is 7.10. The lowest BCUT2D eigenvalue weighted by Crippen LogP contribution is -2.33. The molecule has 0 saturated heterocycles. The second-order valence-corrected chi connectivity index (χ2v) is 8.03. The minimum atomic E-state index is -0.0395. The van der Waals surface area contributed by atoms with E-state index in [9.17, 15) is 4.79 Å². The molecule has 0 aromatic rings. The molecule has 18 heavy (non-hydrogen) atoms. The zero-order chi connectivity index (χ0) is 14.6. The smallest absolute Gasteiger partial charge is 0.309 e. The summed E-state index contributed by atoms with van der Waals surface area (Å²) in [6.07, 6.45) is 1.81. The van der Waals surface area contributed by atoms with E-state index in [1.807, 2.05) is 0 Å². The van der Waals surface area contributed by atoms with E-state index >= 15 is 0 Å². The summed E-state index contributed by atoms with van der Waals surface area (Å²) >= 11 is 0. The summed E-state index contributed by atoms with van der Waals surface area (Å²) in [6.45, 7) is 17.7. The van der Waals surface area contributed by atoms with E-state index in [2.05, 4.69) is 55.4 Å². The van der Waals surface area contributed by atoms with Crippen LogP contribution in [0.5, 0.6) is 0 Å². The highest BCUT2D eigenvalue weighted by Crippen LogP contribution is 2.36. The molecule has 0 fully saturated rings. The first-order valence-corrected chi connectivity index (χ1v) is 7.10. The predicted octanol–water partition coefficient (Wildman–Crippen LogP) is 4.67. The highest BCUT2D eigenvalue weighted by Gasteiger charge is 2.35. The number of ether oxygens (including phenoxy) is 1. The van der Waals surface area contributed by atoms with Crippen molar-refractivity contribution in [3.8, 4) is 0 Å². The lowest BCUT2D eigenvalue weighted by Gasteiger charge is -2.33. The summed E-state index contributed by atoms with van der Waals surface area (Å²) in [4.78, 5) is 12.2. The molecule has 1 unspecified atom stereocenters. The van der Waals surface area contributed by atoms with E-state index in [0.717, 1.165) is 12.8 Å². The van der Waals surface area contributed by atoms with Gasteiger partial charge in [0.05, 0.1) is 12.5 Å². The monoisotopic (exact) mass is 256 g/mol. The van der Waals surface area contributed by atoms with Crippen molar-refractivity contribution in [2.45, 2.75) is 68.2 Å². The number of rotatable bonds is 5. The Morgan fingerprint density at radius 2 is 1.56 bits per heavy atom. The molecule has 0 rings (SSSR count). The average molecular weight is 256 g/mol. The number of hydrogen-bond acceptors (Lipinski definition) is 2. The molecular formula is C16H32O2. The van der Waals surface area contributed by atoms with Gasteiger partial charge in [0.25, 0.3) is 0 Å². The van der Waals surface area contributed by atoms with Crippen molar-refractivity contribution in [2.75, 3.05) is 6.61 Å². The van der Waals surface area contributed by atoms with Gasteiger partial charge in [-0.25, -0.2) is 0 Å². The molecule has 0 spiro atoms. The third-order valence-electron chi connectivity index (χ3n) is 3.09. The van der Waals surface area contributed by atoms with Crippen molar-refractivity contribution in [2.24, 2.45) is 22.7 Å². The molecule has 0 aromatic heterocycles. The SMILES string of the molecule is CC(C)CCOC(=O)C(CC(C)(C)C)C(C)(C)C. The second-order valence-electron chi connectivity index (χ2n) is 8.03. The Morgan fingerprint density at radius 1 is 1.06 bits per heavy atom. The number of esters is 1. The summed E-state index contributed by atoms with van der Waals surface area (Å²) in [5.41, 5.74) is 0.108. The molecule has 2 heteroatoms. The van der Waals surface area contributed by atoms with Crippen LogP contribution in [0.3, 0.4) is 0 Å². The standard InChI is InChI=1S/C16H32O2/c1-12(2)9-10-18-14(17)13(16(6,7)8)11-15(3,4)5/h12-13H,9-11H2,1-8H3. The molecular weight excluding hydrogens is 224 g/mol. The Labute approximate surface area is 113 Å². The Bertz CT molecular complexity index is 253. The van der Waals surface area contributed by atoms with Crippen molar-refractivity contribution < 1.29 is 9.53 Å². The molecule has 0 bridgehead atoms. The highest BCUT2D eigenvalue weighted by atomic mass is 16.5.